The number of carbonyl (C=O) groups is 1. The van der Waals surface area contributed by atoms with Crippen LogP contribution in [0.5, 0.6) is 0 Å². The second kappa shape index (κ2) is 8.96. The van der Waals surface area contributed by atoms with Gasteiger partial charge in [0.05, 0.1) is 11.9 Å². The number of rotatable bonds is 7. The molecule has 0 saturated carbocycles. The summed E-state index contributed by atoms with van der Waals surface area (Å²) in [5, 5.41) is 19.2. The van der Waals surface area contributed by atoms with Crippen molar-refractivity contribution in [1.82, 2.24) is 35.7 Å². The van der Waals surface area contributed by atoms with Crippen molar-refractivity contribution in [3.05, 3.63) is 71.8 Å². The second-order valence-corrected chi connectivity index (χ2v) is 6.91. The SMILES string of the molecule is Nc1nonc1-n1nnc(C(=O)NN=Cc2cccnc2)c1CSc1ccccc1. The molecule has 30 heavy (non-hydrogen) atoms. The first-order valence-electron chi connectivity index (χ1n) is 8.66. The first kappa shape index (κ1) is 19.3. The van der Waals surface area contributed by atoms with Gasteiger partial charge in [-0.05, 0) is 28.5 Å². The number of benzene rings is 1. The molecular weight excluding hydrogens is 406 g/mol. The Labute approximate surface area is 174 Å². The lowest BCUT2D eigenvalue weighted by Crippen LogP contribution is -2.20. The Morgan fingerprint density at radius 2 is 2.10 bits per heavy atom. The molecule has 0 aliphatic carbocycles. The van der Waals surface area contributed by atoms with E-state index in [4.69, 9.17) is 5.73 Å². The van der Waals surface area contributed by atoms with Crippen molar-refractivity contribution in [1.29, 1.82) is 0 Å². The number of amides is 1. The summed E-state index contributed by atoms with van der Waals surface area (Å²) in [6.45, 7) is 0. The molecule has 0 unspecified atom stereocenters. The number of aromatic nitrogens is 6. The largest absolute Gasteiger partial charge is 0.378 e. The third-order valence-corrected chi connectivity index (χ3v) is 4.88. The van der Waals surface area contributed by atoms with Gasteiger partial charge in [0.2, 0.25) is 11.6 Å². The molecule has 11 nitrogen and oxygen atoms in total. The van der Waals surface area contributed by atoms with E-state index in [1.54, 1.807) is 24.5 Å². The molecule has 0 fully saturated rings. The van der Waals surface area contributed by atoms with Gasteiger partial charge < -0.3 is 5.73 Å². The lowest BCUT2D eigenvalue weighted by molar-refractivity contribution is 0.0949. The van der Waals surface area contributed by atoms with Crippen molar-refractivity contribution in [2.75, 3.05) is 5.73 Å². The smallest absolute Gasteiger partial charge is 0.293 e. The predicted octanol–water partition coefficient (Wildman–Crippen LogP) is 1.68. The molecule has 4 aromatic rings. The van der Waals surface area contributed by atoms with Gasteiger partial charge in [-0.3, -0.25) is 9.78 Å². The van der Waals surface area contributed by atoms with Crippen LogP contribution in [-0.4, -0.2) is 42.4 Å². The van der Waals surface area contributed by atoms with Crippen LogP contribution < -0.4 is 11.2 Å². The van der Waals surface area contributed by atoms with Crippen LogP contribution in [0.3, 0.4) is 0 Å². The van der Waals surface area contributed by atoms with Crippen LogP contribution in [0.4, 0.5) is 5.82 Å². The highest BCUT2D eigenvalue weighted by atomic mass is 32.2. The molecule has 0 saturated heterocycles. The number of nitrogens with two attached hydrogens (primary N) is 1. The van der Waals surface area contributed by atoms with Crippen molar-refractivity contribution < 1.29 is 9.42 Å². The summed E-state index contributed by atoms with van der Waals surface area (Å²) in [7, 11) is 0. The van der Waals surface area contributed by atoms with E-state index in [1.807, 2.05) is 30.3 Å². The van der Waals surface area contributed by atoms with E-state index in [-0.39, 0.29) is 17.3 Å². The minimum atomic E-state index is -0.528. The number of nitrogens with one attached hydrogen (secondary N) is 1. The zero-order valence-electron chi connectivity index (χ0n) is 15.4. The average molecular weight is 421 g/mol. The van der Waals surface area contributed by atoms with Crippen LogP contribution in [0.1, 0.15) is 21.7 Å². The number of hydrogen-bond donors (Lipinski definition) is 2. The Morgan fingerprint density at radius 1 is 1.23 bits per heavy atom. The second-order valence-electron chi connectivity index (χ2n) is 5.86. The molecule has 0 aliphatic rings. The van der Waals surface area contributed by atoms with E-state index < -0.39 is 5.91 Å². The molecule has 0 radical (unpaired) electrons. The highest BCUT2D eigenvalue weighted by Crippen LogP contribution is 2.25. The minimum Gasteiger partial charge on any atom is -0.378 e. The van der Waals surface area contributed by atoms with Crippen LogP contribution in [0.2, 0.25) is 0 Å². The number of hydrogen-bond acceptors (Lipinski definition) is 10. The zero-order valence-corrected chi connectivity index (χ0v) is 16.2. The summed E-state index contributed by atoms with van der Waals surface area (Å²) in [6, 6.07) is 13.3. The molecule has 0 spiro atoms. The quantitative estimate of drug-likeness (QED) is 0.258. The van der Waals surface area contributed by atoms with Gasteiger partial charge >= 0.3 is 0 Å². The number of hydrazone groups is 1. The van der Waals surface area contributed by atoms with Crippen molar-refractivity contribution in [2.24, 2.45) is 5.10 Å². The summed E-state index contributed by atoms with van der Waals surface area (Å²) in [4.78, 5) is 17.7. The van der Waals surface area contributed by atoms with Gasteiger partial charge in [-0.25, -0.2) is 10.1 Å². The number of nitrogens with zero attached hydrogens (tertiary/aromatic N) is 7. The number of thioether (sulfide) groups is 1. The fraction of sp³-hybridized carbons (Fsp3) is 0.0556. The van der Waals surface area contributed by atoms with Crippen LogP contribution >= 0.6 is 11.8 Å². The number of anilines is 1. The van der Waals surface area contributed by atoms with E-state index in [9.17, 15) is 4.79 Å². The van der Waals surface area contributed by atoms with Crippen LogP contribution in [-0.2, 0) is 5.75 Å². The van der Waals surface area contributed by atoms with Crippen molar-refractivity contribution in [2.45, 2.75) is 10.6 Å². The summed E-state index contributed by atoms with van der Waals surface area (Å²) in [6.07, 6.45) is 4.75. The predicted molar refractivity (Wildman–Crippen MR) is 109 cm³/mol. The number of carbonyl (C=O) groups excluding carboxylic acids is 1. The van der Waals surface area contributed by atoms with Crippen molar-refractivity contribution in [3.63, 3.8) is 0 Å². The first-order chi connectivity index (χ1) is 14.7. The van der Waals surface area contributed by atoms with E-state index in [0.717, 1.165) is 10.5 Å². The molecule has 3 aromatic heterocycles. The fourth-order valence-corrected chi connectivity index (χ4v) is 3.37. The van der Waals surface area contributed by atoms with Gasteiger partial charge in [-0.1, -0.05) is 29.5 Å². The Hall–Kier alpha value is -4.06. The van der Waals surface area contributed by atoms with Gasteiger partial charge in [0, 0.05) is 28.6 Å². The summed E-state index contributed by atoms with van der Waals surface area (Å²) >= 11 is 1.50. The topological polar surface area (TPSA) is 150 Å². The fourth-order valence-electron chi connectivity index (χ4n) is 2.45. The average Bonchev–Trinajstić information content (AvgIpc) is 3.39. The van der Waals surface area contributed by atoms with E-state index >= 15 is 0 Å². The molecule has 1 aromatic carbocycles. The summed E-state index contributed by atoms with van der Waals surface area (Å²) < 4.78 is 5.99. The molecule has 0 atom stereocenters. The van der Waals surface area contributed by atoms with E-state index in [2.05, 4.69) is 40.8 Å². The zero-order chi connectivity index (χ0) is 20.8. The first-order valence-corrected chi connectivity index (χ1v) is 9.65. The highest BCUT2D eigenvalue weighted by molar-refractivity contribution is 7.98. The molecule has 3 heterocycles. The standard InChI is InChI=1S/C18H15N9O2S/c19-16-17(25-29-24-16)27-14(11-30-13-6-2-1-3-7-13)15(22-26-27)18(28)23-21-10-12-5-4-8-20-9-12/h1-10H,11H2,(H2,19,24)(H,23,28). The molecule has 0 bridgehead atoms. The van der Waals surface area contributed by atoms with Gasteiger partial charge in [-0.15, -0.1) is 16.9 Å². The highest BCUT2D eigenvalue weighted by Gasteiger charge is 2.23. The van der Waals surface area contributed by atoms with Crippen LogP contribution in [0, 0.1) is 0 Å². The molecule has 1 amide bonds. The third-order valence-electron chi connectivity index (χ3n) is 3.86. The minimum absolute atomic E-state index is 0.0346. The molecule has 150 valence electrons. The maximum Gasteiger partial charge on any atom is 0.293 e. The molecule has 3 N–H and O–H groups in total. The Morgan fingerprint density at radius 3 is 2.83 bits per heavy atom. The number of nitrogen functional groups attached to an aromatic ring is 1. The maximum absolute atomic E-state index is 12.7. The lowest BCUT2D eigenvalue weighted by atomic mass is 10.3. The van der Waals surface area contributed by atoms with E-state index in [1.165, 1.54) is 22.7 Å². The molecule has 4 rings (SSSR count). The van der Waals surface area contributed by atoms with E-state index in [0.29, 0.717) is 11.4 Å². The van der Waals surface area contributed by atoms with Crippen molar-refractivity contribution >= 4 is 29.7 Å². The Balaban J connectivity index is 1.58. The van der Waals surface area contributed by atoms with Crippen LogP contribution in [0.15, 0.2) is 69.5 Å². The van der Waals surface area contributed by atoms with Crippen molar-refractivity contribution in [3.8, 4) is 5.82 Å². The van der Waals surface area contributed by atoms with Gasteiger partial charge in [-0.2, -0.15) is 9.78 Å². The Kier molecular flexibility index (Phi) is 5.75. The summed E-state index contributed by atoms with van der Waals surface area (Å²) in [5.41, 5.74) is 9.53. The molecule has 0 aliphatic heterocycles. The monoisotopic (exact) mass is 421 g/mol. The third kappa shape index (κ3) is 4.33. The maximum atomic E-state index is 12.7. The lowest BCUT2D eigenvalue weighted by Gasteiger charge is -2.05. The van der Waals surface area contributed by atoms with Gasteiger partial charge in [0.15, 0.2) is 5.69 Å². The number of pyridine rings is 1. The van der Waals surface area contributed by atoms with Crippen LogP contribution in [0.25, 0.3) is 5.82 Å². The Bertz CT molecular complexity index is 1160. The summed E-state index contributed by atoms with van der Waals surface area (Å²) in [5.74, 6) is 0.0369. The molecular formula is C18H15N9O2S. The normalized spacial score (nSPS) is 11.1. The van der Waals surface area contributed by atoms with Gasteiger partial charge in [0.1, 0.15) is 0 Å². The molecule has 12 heteroatoms. The van der Waals surface area contributed by atoms with Gasteiger partial charge in [0.25, 0.3) is 5.91 Å².